The maximum Gasteiger partial charge on any atom is 0.289 e. The second kappa shape index (κ2) is 4.92. The summed E-state index contributed by atoms with van der Waals surface area (Å²) in [5.74, 6) is 0.0528. The van der Waals surface area contributed by atoms with E-state index in [2.05, 4.69) is 25.5 Å². The van der Waals surface area contributed by atoms with Crippen LogP contribution in [-0.2, 0) is 0 Å². The van der Waals surface area contributed by atoms with Crippen LogP contribution in [0.5, 0.6) is 5.88 Å². The highest BCUT2D eigenvalue weighted by molar-refractivity contribution is 7.16. The molecule has 2 rings (SSSR count). The molecule has 0 aliphatic heterocycles. The molecule has 2 aromatic rings. The van der Waals surface area contributed by atoms with Gasteiger partial charge in [0.1, 0.15) is 0 Å². The molecule has 3 N–H and O–H groups in total. The molecule has 0 unspecified atom stereocenters. The molecule has 0 bridgehead atoms. The van der Waals surface area contributed by atoms with E-state index in [-0.39, 0.29) is 16.1 Å². The molecule has 2 heterocycles. The Morgan fingerprint density at radius 2 is 2.22 bits per heavy atom. The average molecular weight is 266 g/mol. The third-order valence-electron chi connectivity index (χ3n) is 1.90. The molecule has 0 saturated heterocycles. The first-order valence-corrected chi connectivity index (χ1v) is 5.70. The van der Waals surface area contributed by atoms with Crippen molar-refractivity contribution in [2.24, 2.45) is 0 Å². The van der Waals surface area contributed by atoms with Gasteiger partial charge in [-0.2, -0.15) is 4.98 Å². The van der Waals surface area contributed by atoms with Crippen molar-refractivity contribution in [3.63, 3.8) is 0 Å². The van der Waals surface area contributed by atoms with Gasteiger partial charge in [-0.3, -0.25) is 10.1 Å². The Morgan fingerprint density at radius 1 is 1.44 bits per heavy atom. The van der Waals surface area contributed by atoms with Crippen molar-refractivity contribution in [3.8, 4) is 5.88 Å². The van der Waals surface area contributed by atoms with Crippen LogP contribution in [0.1, 0.15) is 15.5 Å². The van der Waals surface area contributed by atoms with Crippen LogP contribution >= 0.6 is 11.3 Å². The number of carbonyl (C=O) groups is 1. The molecule has 0 aliphatic carbocycles. The molecule has 0 spiro atoms. The summed E-state index contributed by atoms with van der Waals surface area (Å²) in [7, 11) is 1.48. The number of nitrogens with one attached hydrogen (secondary N) is 1. The molecule has 1 amide bonds. The van der Waals surface area contributed by atoms with Gasteiger partial charge in [0.2, 0.25) is 22.0 Å². The first-order chi connectivity index (χ1) is 8.58. The highest BCUT2D eigenvalue weighted by atomic mass is 32.1. The lowest BCUT2D eigenvalue weighted by Crippen LogP contribution is -2.14. The fraction of sp³-hybridized carbons (Fsp3) is 0.222. The number of nitrogens with zero attached hydrogens (tertiary/aromatic N) is 4. The van der Waals surface area contributed by atoms with E-state index in [1.54, 1.807) is 13.0 Å². The highest BCUT2D eigenvalue weighted by Crippen LogP contribution is 2.14. The second-order valence-electron chi connectivity index (χ2n) is 3.27. The van der Waals surface area contributed by atoms with E-state index in [4.69, 9.17) is 10.5 Å². The van der Waals surface area contributed by atoms with Crippen molar-refractivity contribution in [1.82, 2.24) is 20.2 Å². The predicted octanol–water partition coefficient (Wildman–Crippen LogP) is 0.480. The van der Waals surface area contributed by atoms with Gasteiger partial charge in [-0.25, -0.2) is 4.98 Å². The molecule has 8 nitrogen and oxygen atoms in total. The number of hydrogen-bond acceptors (Lipinski definition) is 8. The summed E-state index contributed by atoms with van der Waals surface area (Å²) in [5, 5.41) is 10.0. The zero-order valence-electron chi connectivity index (χ0n) is 9.67. The van der Waals surface area contributed by atoms with Crippen LogP contribution in [0, 0.1) is 6.92 Å². The molecule has 0 aromatic carbocycles. The number of aryl methyl sites for hydroxylation is 1. The number of methoxy groups -OCH3 is 1. The van der Waals surface area contributed by atoms with E-state index in [9.17, 15) is 4.79 Å². The molecule has 0 saturated carbocycles. The molecule has 0 fully saturated rings. The van der Waals surface area contributed by atoms with Gasteiger partial charge in [-0.1, -0.05) is 11.3 Å². The Bertz CT molecular complexity index is 584. The van der Waals surface area contributed by atoms with Crippen molar-refractivity contribution in [1.29, 1.82) is 0 Å². The fourth-order valence-corrected chi connectivity index (χ4v) is 1.69. The Labute approximate surface area is 106 Å². The fourth-order valence-electron chi connectivity index (χ4n) is 1.18. The minimum Gasteiger partial charge on any atom is -0.481 e. The maximum atomic E-state index is 11.8. The molecule has 0 atom stereocenters. The monoisotopic (exact) mass is 266 g/mol. The topological polar surface area (TPSA) is 116 Å². The third-order valence-corrected chi connectivity index (χ3v) is 2.65. The van der Waals surface area contributed by atoms with Crippen molar-refractivity contribution >= 4 is 28.3 Å². The average Bonchev–Trinajstić information content (AvgIpc) is 2.75. The summed E-state index contributed by atoms with van der Waals surface area (Å²) >= 11 is 0.986. The summed E-state index contributed by atoms with van der Waals surface area (Å²) < 4.78 is 4.98. The van der Waals surface area contributed by atoms with E-state index in [0.717, 1.165) is 11.3 Å². The van der Waals surface area contributed by atoms with Crippen LogP contribution in [0.15, 0.2) is 6.07 Å². The zero-order valence-corrected chi connectivity index (χ0v) is 10.5. The second-order valence-corrected chi connectivity index (χ2v) is 4.28. The van der Waals surface area contributed by atoms with Gasteiger partial charge in [0.25, 0.3) is 5.91 Å². The maximum absolute atomic E-state index is 11.8. The summed E-state index contributed by atoms with van der Waals surface area (Å²) in [6.07, 6.45) is 0. The van der Waals surface area contributed by atoms with Crippen LogP contribution in [0.25, 0.3) is 0 Å². The number of aromatic nitrogens is 4. The van der Waals surface area contributed by atoms with Gasteiger partial charge in [-0.05, 0) is 6.92 Å². The minimum absolute atomic E-state index is 0.144. The van der Waals surface area contributed by atoms with Gasteiger partial charge in [-0.15, -0.1) is 10.2 Å². The van der Waals surface area contributed by atoms with Gasteiger partial charge < -0.3 is 10.5 Å². The lowest BCUT2D eigenvalue weighted by atomic mass is 10.4. The van der Waals surface area contributed by atoms with E-state index in [0.29, 0.717) is 11.6 Å². The standard InChI is InChI=1S/C9H10N6O2S/c1-4-3-5(17-2)12-9(11-4)13-6(16)7-14-15-8(10)18-7/h3H,1-2H3,(H2,10,15)(H,11,12,13,16). The smallest absolute Gasteiger partial charge is 0.289 e. The number of anilines is 2. The van der Waals surface area contributed by atoms with Crippen LogP contribution < -0.4 is 15.8 Å². The Hall–Kier alpha value is -2.29. The minimum atomic E-state index is -0.461. The molecular formula is C9H10N6O2S. The lowest BCUT2D eigenvalue weighted by molar-refractivity contribution is 0.102. The summed E-state index contributed by atoms with van der Waals surface area (Å²) in [5.41, 5.74) is 6.07. The van der Waals surface area contributed by atoms with Gasteiger partial charge in [0.05, 0.1) is 7.11 Å². The predicted molar refractivity (Wildman–Crippen MR) is 65.6 cm³/mol. The summed E-state index contributed by atoms with van der Waals surface area (Å²) in [4.78, 5) is 19.8. The first-order valence-electron chi connectivity index (χ1n) is 4.88. The molecule has 0 aliphatic rings. The van der Waals surface area contributed by atoms with E-state index in [1.807, 2.05) is 0 Å². The number of nitrogens with two attached hydrogens (primary N) is 1. The summed E-state index contributed by atoms with van der Waals surface area (Å²) in [6.45, 7) is 1.77. The molecular weight excluding hydrogens is 256 g/mol. The van der Waals surface area contributed by atoms with Crippen molar-refractivity contribution in [2.75, 3.05) is 18.2 Å². The van der Waals surface area contributed by atoms with Crippen LogP contribution in [0.3, 0.4) is 0 Å². The first kappa shape index (κ1) is 12.2. The number of rotatable bonds is 3. The van der Waals surface area contributed by atoms with E-state index >= 15 is 0 Å². The molecule has 9 heteroatoms. The van der Waals surface area contributed by atoms with Crippen molar-refractivity contribution < 1.29 is 9.53 Å². The number of nitrogen functional groups attached to an aromatic ring is 1. The number of ether oxygens (including phenoxy) is 1. The number of amides is 1. The number of hydrogen-bond donors (Lipinski definition) is 2. The van der Waals surface area contributed by atoms with Crippen LogP contribution in [0.2, 0.25) is 0 Å². The Kier molecular flexibility index (Phi) is 3.33. The van der Waals surface area contributed by atoms with E-state index < -0.39 is 5.91 Å². The lowest BCUT2D eigenvalue weighted by Gasteiger charge is -2.04. The number of carbonyl (C=O) groups excluding carboxylic acids is 1. The van der Waals surface area contributed by atoms with Gasteiger partial charge in [0, 0.05) is 11.8 Å². The van der Waals surface area contributed by atoms with Crippen molar-refractivity contribution in [3.05, 3.63) is 16.8 Å². The molecule has 94 valence electrons. The Balaban J connectivity index is 2.18. The van der Waals surface area contributed by atoms with Gasteiger partial charge in [0.15, 0.2) is 0 Å². The molecule has 0 radical (unpaired) electrons. The van der Waals surface area contributed by atoms with Gasteiger partial charge >= 0.3 is 0 Å². The highest BCUT2D eigenvalue weighted by Gasteiger charge is 2.13. The molecule has 2 aromatic heterocycles. The van der Waals surface area contributed by atoms with Crippen LogP contribution in [0.4, 0.5) is 11.1 Å². The zero-order chi connectivity index (χ0) is 13.1. The normalized spacial score (nSPS) is 10.1. The third kappa shape index (κ3) is 2.69. The van der Waals surface area contributed by atoms with E-state index in [1.165, 1.54) is 7.11 Å². The molecule has 18 heavy (non-hydrogen) atoms. The largest absolute Gasteiger partial charge is 0.481 e. The quantitative estimate of drug-likeness (QED) is 0.829. The summed E-state index contributed by atoms with van der Waals surface area (Å²) in [6, 6.07) is 1.65. The SMILES string of the molecule is COc1cc(C)nc(NC(=O)c2nnc(N)s2)n1. The van der Waals surface area contributed by atoms with Crippen LogP contribution in [-0.4, -0.2) is 33.2 Å². The Morgan fingerprint density at radius 3 is 2.83 bits per heavy atom. The van der Waals surface area contributed by atoms with Crippen molar-refractivity contribution in [2.45, 2.75) is 6.92 Å².